The van der Waals surface area contributed by atoms with Gasteiger partial charge < -0.3 is 29.6 Å². The fourth-order valence-electron chi connectivity index (χ4n) is 2.39. The molecule has 0 saturated heterocycles. The molecule has 0 fully saturated rings. The zero-order valence-corrected chi connectivity index (χ0v) is 18.4. The zero-order valence-electron chi connectivity index (χ0n) is 18.4. The van der Waals surface area contributed by atoms with Gasteiger partial charge in [-0.15, -0.1) is 0 Å². The van der Waals surface area contributed by atoms with E-state index in [2.05, 4.69) is 10.6 Å². The molecule has 0 aliphatic rings. The number of nitrogens with one attached hydrogen (secondary N) is 2. The number of esters is 2. The lowest BCUT2D eigenvalue weighted by Crippen LogP contribution is -2.28. The standard InChI is InChI=1S/C24H26N2O8/c27-21(31-15-13-25-23(29)33-17-19-7-3-1-4-8-19)11-12-22(28)32-16-14-26-24(30)34-18-20-9-5-2-6-10-20/h1-12H,13-18H2,(H,25,29)(H,26,30)/b12-11+. The third-order valence-electron chi connectivity index (χ3n) is 4.01. The van der Waals surface area contributed by atoms with Gasteiger partial charge in [0.1, 0.15) is 26.4 Å². The first-order chi connectivity index (χ1) is 16.5. The van der Waals surface area contributed by atoms with Crippen LogP contribution in [0.2, 0.25) is 0 Å². The second kappa shape index (κ2) is 15.5. The maximum atomic E-state index is 11.6. The molecule has 2 amide bonds. The van der Waals surface area contributed by atoms with Crippen LogP contribution in [0.5, 0.6) is 0 Å². The highest BCUT2D eigenvalue weighted by Gasteiger charge is 2.05. The molecular formula is C24H26N2O8. The Morgan fingerprint density at radius 2 is 0.971 bits per heavy atom. The summed E-state index contributed by atoms with van der Waals surface area (Å²) in [6.45, 7) is 0.137. The van der Waals surface area contributed by atoms with Crippen LogP contribution in [-0.2, 0) is 41.8 Å². The van der Waals surface area contributed by atoms with Crippen molar-refractivity contribution in [3.8, 4) is 0 Å². The number of hydrogen-bond donors (Lipinski definition) is 2. The summed E-state index contributed by atoms with van der Waals surface area (Å²) in [4.78, 5) is 46.3. The summed E-state index contributed by atoms with van der Waals surface area (Å²) in [7, 11) is 0. The molecule has 2 N–H and O–H groups in total. The molecule has 0 spiro atoms. The van der Waals surface area contributed by atoms with Crippen molar-refractivity contribution in [3.63, 3.8) is 0 Å². The van der Waals surface area contributed by atoms with E-state index < -0.39 is 24.1 Å². The van der Waals surface area contributed by atoms with Crippen molar-refractivity contribution in [2.24, 2.45) is 0 Å². The molecule has 0 radical (unpaired) electrons. The Hall–Kier alpha value is -4.34. The minimum absolute atomic E-state index is 0.0453. The minimum atomic E-state index is -0.779. The molecule has 2 aromatic carbocycles. The highest BCUT2D eigenvalue weighted by atomic mass is 16.6. The molecule has 0 aromatic heterocycles. The third kappa shape index (κ3) is 11.9. The summed E-state index contributed by atoms with van der Waals surface area (Å²) in [6.07, 6.45) is 0.517. The molecule has 0 atom stereocenters. The summed E-state index contributed by atoms with van der Waals surface area (Å²) in [5.74, 6) is -1.56. The Bertz CT molecular complexity index is 870. The number of carbonyl (C=O) groups excluding carboxylic acids is 4. The van der Waals surface area contributed by atoms with Crippen LogP contribution >= 0.6 is 0 Å². The van der Waals surface area contributed by atoms with Gasteiger partial charge in [0.15, 0.2) is 0 Å². The van der Waals surface area contributed by atoms with Crippen molar-refractivity contribution in [1.82, 2.24) is 10.6 Å². The van der Waals surface area contributed by atoms with E-state index in [0.717, 1.165) is 23.3 Å². The molecule has 180 valence electrons. The minimum Gasteiger partial charge on any atom is -0.461 e. The van der Waals surface area contributed by atoms with Crippen molar-refractivity contribution in [1.29, 1.82) is 0 Å². The highest BCUT2D eigenvalue weighted by Crippen LogP contribution is 2.01. The van der Waals surface area contributed by atoms with Crippen LogP contribution in [0, 0.1) is 0 Å². The average molecular weight is 470 g/mol. The van der Waals surface area contributed by atoms with E-state index in [4.69, 9.17) is 18.9 Å². The first-order valence-electron chi connectivity index (χ1n) is 10.4. The monoisotopic (exact) mass is 470 g/mol. The highest BCUT2D eigenvalue weighted by molar-refractivity contribution is 5.91. The summed E-state index contributed by atoms with van der Waals surface area (Å²) < 4.78 is 19.7. The maximum Gasteiger partial charge on any atom is 0.407 e. The Kier molecular flexibility index (Phi) is 11.8. The lowest BCUT2D eigenvalue weighted by atomic mass is 10.2. The van der Waals surface area contributed by atoms with E-state index in [0.29, 0.717) is 0 Å². The first kappa shape index (κ1) is 25.9. The predicted octanol–water partition coefficient (Wildman–Crippen LogP) is 2.48. The van der Waals surface area contributed by atoms with Gasteiger partial charge in [0, 0.05) is 12.2 Å². The second-order valence-electron chi connectivity index (χ2n) is 6.65. The summed E-state index contributed by atoms with van der Waals surface area (Å²) in [6, 6.07) is 18.3. The van der Waals surface area contributed by atoms with Gasteiger partial charge in [-0.1, -0.05) is 60.7 Å². The van der Waals surface area contributed by atoms with Gasteiger partial charge in [-0.05, 0) is 11.1 Å². The van der Waals surface area contributed by atoms with Crippen molar-refractivity contribution < 1.29 is 38.1 Å². The van der Waals surface area contributed by atoms with Crippen molar-refractivity contribution in [2.45, 2.75) is 13.2 Å². The van der Waals surface area contributed by atoms with Crippen molar-refractivity contribution >= 4 is 24.1 Å². The van der Waals surface area contributed by atoms with Gasteiger partial charge >= 0.3 is 24.1 Å². The Labute approximate surface area is 196 Å². The molecular weight excluding hydrogens is 444 g/mol. The van der Waals surface area contributed by atoms with Crippen LogP contribution in [0.15, 0.2) is 72.8 Å². The number of alkyl carbamates (subject to hydrolysis) is 2. The summed E-state index contributed by atoms with van der Waals surface area (Å²) in [5, 5.41) is 4.87. The van der Waals surface area contributed by atoms with E-state index in [1.165, 1.54) is 0 Å². The fraction of sp³-hybridized carbons (Fsp3) is 0.250. The molecule has 2 rings (SSSR count). The summed E-state index contributed by atoms with van der Waals surface area (Å²) >= 11 is 0. The molecule has 34 heavy (non-hydrogen) atoms. The van der Waals surface area contributed by atoms with Crippen molar-refractivity contribution in [2.75, 3.05) is 26.3 Å². The largest absolute Gasteiger partial charge is 0.461 e. The SMILES string of the molecule is O=C(/C=C/C(=O)OCCNC(=O)OCc1ccccc1)OCCNC(=O)OCc1ccccc1. The molecule has 0 unspecified atom stereocenters. The average Bonchev–Trinajstić information content (AvgIpc) is 2.86. The molecule has 2 aromatic rings. The Balaban J connectivity index is 1.47. The van der Waals surface area contributed by atoms with Gasteiger partial charge in [0.05, 0.1) is 13.1 Å². The number of amides is 2. The predicted molar refractivity (Wildman–Crippen MR) is 120 cm³/mol. The second-order valence-corrected chi connectivity index (χ2v) is 6.65. The van der Waals surface area contributed by atoms with Gasteiger partial charge in [0.25, 0.3) is 0 Å². The van der Waals surface area contributed by atoms with E-state index in [-0.39, 0.29) is 39.5 Å². The lowest BCUT2D eigenvalue weighted by Gasteiger charge is -2.07. The van der Waals surface area contributed by atoms with Crippen LogP contribution < -0.4 is 10.6 Å². The maximum absolute atomic E-state index is 11.6. The number of benzene rings is 2. The van der Waals surface area contributed by atoms with E-state index in [1.807, 2.05) is 60.7 Å². The molecule has 0 aliphatic heterocycles. The van der Waals surface area contributed by atoms with E-state index in [9.17, 15) is 19.2 Å². The molecule has 0 saturated carbocycles. The van der Waals surface area contributed by atoms with Gasteiger partial charge in [-0.3, -0.25) is 0 Å². The number of ether oxygens (including phenoxy) is 4. The molecule has 10 heteroatoms. The van der Waals surface area contributed by atoms with Crippen molar-refractivity contribution in [3.05, 3.63) is 83.9 Å². The van der Waals surface area contributed by atoms with Gasteiger partial charge in [0.2, 0.25) is 0 Å². The fourth-order valence-corrected chi connectivity index (χ4v) is 2.39. The first-order valence-corrected chi connectivity index (χ1v) is 10.4. The van der Waals surface area contributed by atoms with Crippen LogP contribution in [0.4, 0.5) is 9.59 Å². The Morgan fingerprint density at radius 1 is 0.588 bits per heavy atom. The van der Waals surface area contributed by atoms with Crippen LogP contribution in [-0.4, -0.2) is 50.4 Å². The zero-order chi connectivity index (χ0) is 24.4. The van der Waals surface area contributed by atoms with Crippen LogP contribution in [0.25, 0.3) is 0 Å². The number of carbonyl (C=O) groups is 4. The van der Waals surface area contributed by atoms with E-state index in [1.54, 1.807) is 0 Å². The van der Waals surface area contributed by atoms with Gasteiger partial charge in [-0.2, -0.15) is 0 Å². The number of hydrogen-bond acceptors (Lipinski definition) is 8. The third-order valence-corrected chi connectivity index (χ3v) is 4.01. The Morgan fingerprint density at radius 3 is 1.35 bits per heavy atom. The smallest absolute Gasteiger partial charge is 0.407 e. The van der Waals surface area contributed by atoms with E-state index >= 15 is 0 Å². The van der Waals surface area contributed by atoms with Gasteiger partial charge in [-0.25, -0.2) is 19.2 Å². The molecule has 0 aliphatic carbocycles. The molecule has 0 heterocycles. The molecule has 0 bridgehead atoms. The lowest BCUT2D eigenvalue weighted by molar-refractivity contribution is -0.140. The van der Waals surface area contributed by atoms with Crippen LogP contribution in [0.3, 0.4) is 0 Å². The number of rotatable bonds is 12. The summed E-state index contributed by atoms with van der Waals surface area (Å²) in [5.41, 5.74) is 1.69. The normalized spacial score (nSPS) is 10.2. The molecule has 10 nitrogen and oxygen atoms in total. The quantitative estimate of drug-likeness (QED) is 0.210. The topological polar surface area (TPSA) is 129 Å². The van der Waals surface area contributed by atoms with Crippen LogP contribution in [0.1, 0.15) is 11.1 Å².